The van der Waals surface area contributed by atoms with Crippen LogP contribution in [0.15, 0.2) is 85.1 Å². The van der Waals surface area contributed by atoms with Crippen LogP contribution < -0.4 is 10.1 Å². The molecule has 0 fully saturated rings. The van der Waals surface area contributed by atoms with Crippen molar-refractivity contribution in [2.24, 2.45) is 0 Å². The third-order valence-electron chi connectivity index (χ3n) is 5.40. The molecule has 1 heterocycles. The molecule has 0 atom stereocenters. The molecule has 0 aliphatic rings. The van der Waals surface area contributed by atoms with Gasteiger partial charge in [0.1, 0.15) is 11.4 Å². The summed E-state index contributed by atoms with van der Waals surface area (Å²) in [7, 11) is 5.02. The Labute approximate surface area is 198 Å². The second-order valence-electron chi connectivity index (χ2n) is 7.95. The number of hydrogen-bond donors (Lipinski definition) is 1. The van der Waals surface area contributed by atoms with Crippen molar-refractivity contribution in [3.63, 3.8) is 0 Å². The summed E-state index contributed by atoms with van der Waals surface area (Å²) < 4.78 is 7.21. The molecule has 0 unspecified atom stereocenters. The van der Waals surface area contributed by atoms with Crippen molar-refractivity contribution in [2.45, 2.75) is 6.54 Å². The zero-order chi connectivity index (χ0) is 24.1. The molecule has 4 aromatic rings. The monoisotopic (exact) mass is 454 g/mol. The van der Waals surface area contributed by atoms with E-state index in [1.807, 2.05) is 66.7 Å². The van der Waals surface area contributed by atoms with Gasteiger partial charge in [-0.15, -0.1) is 0 Å². The van der Waals surface area contributed by atoms with Gasteiger partial charge in [-0.1, -0.05) is 42.5 Å². The number of amides is 2. The summed E-state index contributed by atoms with van der Waals surface area (Å²) in [6, 6.07) is 24.3. The first kappa shape index (κ1) is 22.8. The third kappa shape index (κ3) is 4.83. The first-order valence-electron chi connectivity index (χ1n) is 10.8. The minimum Gasteiger partial charge on any atom is -0.496 e. The summed E-state index contributed by atoms with van der Waals surface area (Å²) in [4.78, 5) is 26.9. The molecule has 2 amide bonds. The number of nitrogens with one attached hydrogen (secondary N) is 1. The molecule has 0 saturated carbocycles. The summed E-state index contributed by atoms with van der Waals surface area (Å²) in [6.07, 6.45) is 1.73. The van der Waals surface area contributed by atoms with Gasteiger partial charge in [-0.05, 0) is 42.0 Å². The van der Waals surface area contributed by atoms with Gasteiger partial charge < -0.3 is 15.0 Å². The van der Waals surface area contributed by atoms with Gasteiger partial charge in [-0.25, -0.2) is 4.68 Å². The normalized spacial score (nSPS) is 10.6. The molecule has 0 bridgehead atoms. The second-order valence-corrected chi connectivity index (χ2v) is 7.95. The van der Waals surface area contributed by atoms with E-state index in [4.69, 9.17) is 9.84 Å². The van der Waals surface area contributed by atoms with Crippen LogP contribution in [0.1, 0.15) is 26.3 Å². The average Bonchev–Trinajstić information content (AvgIpc) is 3.33. The standard InChI is InChI=1S/C27H26N4O3/c1-30(2)27(33)20-15-13-19(14-16-20)17-28-26(32)23-18-31(21-9-5-4-6-10-21)29-25(23)22-11-7-8-12-24(22)34-3/h4-16,18H,17H2,1-3H3,(H,28,32). The van der Waals surface area contributed by atoms with Crippen molar-refractivity contribution in [3.8, 4) is 22.7 Å². The number of hydrogen-bond acceptors (Lipinski definition) is 4. The lowest BCUT2D eigenvalue weighted by Gasteiger charge is -2.11. The number of ether oxygens (including phenoxy) is 1. The Kier molecular flexibility index (Phi) is 6.73. The van der Waals surface area contributed by atoms with Crippen molar-refractivity contribution in [1.82, 2.24) is 20.0 Å². The van der Waals surface area contributed by atoms with Gasteiger partial charge in [0.25, 0.3) is 11.8 Å². The third-order valence-corrected chi connectivity index (χ3v) is 5.40. The van der Waals surface area contributed by atoms with Gasteiger partial charge in [-0.3, -0.25) is 9.59 Å². The molecule has 172 valence electrons. The maximum atomic E-state index is 13.3. The lowest BCUT2D eigenvalue weighted by atomic mass is 10.1. The van der Waals surface area contributed by atoms with Crippen LogP contribution in [0.4, 0.5) is 0 Å². The fraction of sp³-hybridized carbons (Fsp3) is 0.148. The van der Waals surface area contributed by atoms with E-state index in [0.717, 1.165) is 16.8 Å². The van der Waals surface area contributed by atoms with E-state index in [1.165, 1.54) is 4.90 Å². The maximum Gasteiger partial charge on any atom is 0.255 e. The van der Waals surface area contributed by atoms with E-state index in [-0.39, 0.29) is 11.8 Å². The van der Waals surface area contributed by atoms with Crippen molar-refractivity contribution in [2.75, 3.05) is 21.2 Å². The number of aromatic nitrogens is 2. The first-order valence-corrected chi connectivity index (χ1v) is 10.8. The molecule has 4 rings (SSSR count). The molecule has 34 heavy (non-hydrogen) atoms. The molecule has 0 aliphatic carbocycles. The van der Waals surface area contributed by atoms with Crippen molar-refractivity contribution < 1.29 is 14.3 Å². The topological polar surface area (TPSA) is 76.5 Å². The lowest BCUT2D eigenvalue weighted by Crippen LogP contribution is -2.23. The SMILES string of the molecule is COc1ccccc1-c1nn(-c2ccccc2)cc1C(=O)NCc1ccc(C(=O)N(C)C)cc1. The molecule has 0 radical (unpaired) electrons. The summed E-state index contributed by atoms with van der Waals surface area (Å²) in [6.45, 7) is 0.317. The van der Waals surface area contributed by atoms with Crippen molar-refractivity contribution in [1.29, 1.82) is 0 Å². The van der Waals surface area contributed by atoms with Crippen LogP contribution in [0.25, 0.3) is 16.9 Å². The highest BCUT2D eigenvalue weighted by atomic mass is 16.5. The number of methoxy groups -OCH3 is 1. The Morgan fingerprint density at radius 2 is 1.62 bits per heavy atom. The minimum absolute atomic E-state index is 0.0645. The highest BCUT2D eigenvalue weighted by molar-refractivity contribution is 6.00. The molecule has 1 aromatic heterocycles. The molecule has 3 aromatic carbocycles. The Hall–Kier alpha value is -4.39. The molecular formula is C27H26N4O3. The Morgan fingerprint density at radius 1 is 0.941 bits per heavy atom. The average molecular weight is 455 g/mol. The van der Waals surface area contributed by atoms with Crippen LogP contribution in [-0.2, 0) is 6.54 Å². The predicted octanol–water partition coefficient (Wildman–Crippen LogP) is 4.18. The van der Waals surface area contributed by atoms with Crippen LogP contribution >= 0.6 is 0 Å². The van der Waals surface area contributed by atoms with Crippen molar-refractivity contribution >= 4 is 11.8 Å². The lowest BCUT2D eigenvalue weighted by molar-refractivity contribution is 0.0827. The quantitative estimate of drug-likeness (QED) is 0.455. The van der Waals surface area contributed by atoms with Crippen LogP contribution in [0.3, 0.4) is 0 Å². The predicted molar refractivity (Wildman–Crippen MR) is 131 cm³/mol. The van der Waals surface area contributed by atoms with E-state index in [0.29, 0.717) is 29.1 Å². The van der Waals surface area contributed by atoms with Gasteiger partial charge in [0.05, 0.1) is 18.4 Å². The van der Waals surface area contributed by atoms with Gasteiger partial charge in [0.2, 0.25) is 0 Å². The van der Waals surface area contributed by atoms with Crippen LogP contribution in [0, 0.1) is 0 Å². The Morgan fingerprint density at radius 3 is 2.29 bits per heavy atom. The van der Waals surface area contributed by atoms with E-state index in [9.17, 15) is 9.59 Å². The van der Waals surface area contributed by atoms with E-state index in [2.05, 4.69) is 5.32 Å². The maximum absolute atomic E-state index is 13.3. The summed E-state index contributed by atoms with van der Waals surface area (Å²) >= 11 is 0. The molecule has 0 saturated heterocycles. The van der Waals surface area contributed by atoms with Gasteiger partial charge in [0.15, 0.2) is 0 Å². The van der Waals surface area contributed by atoms with Crippen LogP contribution in [0.2, 0.25) is 0 Å². The summed E-state index contributed by atoms with van der Waals surface area (Å²) in [5.74, 6) is 0.318. The molecule has 0 spiro atoms. The second kappa shape index (κ2) is 10.0. The van der Waals surface area contributed by atoms with Crippen molar-refractivity contribution in [3.05, 3.63) is 102 Å². The Balaban J connectivity index is 1.61. The van der Waals surface area contributed by atoms with Gasteiger partial charge >= 0.3 is 0 Å². The van der Waals surface area contributed by atoms with E-state index < -0.39 is 0 Å². The molecule has 7 nitrogen and oxygen atoms in total. The summed E-state index contributed by atoms with van der Waals surface area (Å²) in [5.41, 5.74) is 4.04. The highest BCUT2D eigenvalue weighted by Crippen LogP contribution is 2.31. The zero-order valence-corrected chi connectivity index (χ0v) is 19.4. The molecule has 1 N–H and O–H groups in total. The molecular weight excluding hydrogens is 428 g/mol. The van der Waals surface area contributed by atoms with Crippen LogP contribution in [-0.4, -0.2) is 47.7 Å². The number of nitrogens with zero attached hydrogens (tertiary/aromatic N) is 3. The number of para-hydroxylation sites is 2. The molecule has 7 heteroatoms. The van der Waals surface area contributed by atoms with Gasteiger partial charge in [-0.2, -0.15) is 5.10 Å². The largest absolute Gasteiger partial charge is 0.496 e. The minimum atomic E-state index is -0.253. The number of rotatable bonds is 7. The van der Waals surface area contributed by atoms with Crippen LogP contribution in [0.5, 0.6) is 5.75 Å². The fourth-order valence-electron chi connectivity index (χ4n) is 3.59. The highest BCUT2D eigenvalue weighted by Gasteiger charge is 2.21. The number of carbonyl (C=O) groups is 2. The zero-order valence-electron chi connectivity index (χ0n) is 19.4. The Bertz CT molecular complexity index is 1300. The van der Waals surface area contributed by atoms with Gasteiger partial charge in [0, 0.05) is 38.0 Å². The van der Waals surface area contributed by atoms with E-state index >= 15 is 0 Å². The van der Waals surface area contributed by atoms with E-state index in [1.54, 1.807) is 44.2 Å². The molecule has 0 aliphatic heterocycles. The smallest absolute Gasteiger partial charge is 0.255 e. The first-order chi connectivity index (χ1) is 16.5. The number of benzene rings is 3. The fourth-order valence-corrected chi connectivity index (χ4v) is 3.59. The number of carbonyl (C=O) groups excluding carboxylic acids is 2. The summed E-state index contributed by atoms with van der Waals surface area (Å²) in [5, 5.41) is 7.69.